The molecule has 0 spiro atoms. The number of hydrogen-bond acceptors (Lipinski definition) is 5. The maximum atomic E-state index is 12.3. The highest BCUT2D eigenvalue weighted by Gasteiger charge is 2.25. The molecule has 0 bridgehead atoms. The van der Waals surface area contributed by atoms with Crippen LogP contribution in [0, 0.1) is 13.8 Å². The molecule has 0 saturated carbocycles. The van der Waals surface area contributed by atoms with E-state index in [1.165, 1.54) is 17.4 Å². The number of hydrogen-bond donors (Lipinski definition) is 0. The average Bonchev–Trinajstić information content (AvgIpc) is 3.17. The van der Waals surface area contributed by atoms with Crippen molar-refractivity contribution in [2.45, 2.75) is 26.7 Å². The van der Waals surface area contributed by atoms with Gasteiger partial charge in [-0.15, -0.1) is 11.3 Å². The van der Waals surface area contributed by atoms with E-state index in [1.807, 2.05) is 13.8 Å². The first-order chi connectivity index (χ1) is 12.4. The van der Waals surface area contributed by atoms with E-state index in [9.17, 15) is 14.4 Å². The van der Waals surface area contributed by atoms with Gasteiger partial charge in [-0.05, 0) is 44.5 Å². The molecule has 1 amide bonds. The SMILES string of the molecule is Cc1cc(C(=O)COC(=O)c2ccc(Cl)c(N3CCCC3=O)c2)c(C)s1. The molecule has 1 saturated heterocycles. The van der Waals surface area contributed by atoms with E-state index in [-0.39, 0.29) is 23.9 Å². The lowest BCUT2D eigenvalue weighted by Crippen LogP contribution is -2.24. The van der Waals surface area contributed by atoms with Crippen molar-refractivity contribution in [3.8, 4) is 0 Å². The van der Waals surface area contributed by atoms with Gasteiger partial charge in [0, 0.05) is 28.3 Å². The first-order valence-corrected chi connectivity index (χ1v) is 9.43. The summed E-state index contributed by atoms with van der Waals surface area (Å²) in [4.78, 5) is 40.0. The van der Waals surface area contributed by atoms with Gasteiger partial charge in [-0.2, -0.15) is 0 Å². The minimum atomic E-state index is -0.618. The van der Waals surface area contributed by atoms with Crippen LogP contribution in [0.3, 0.4) is 0 Å². The van der Waals surface area contributed by atoms with Crippen molar-refractivity contribution in [1.82, 2.24) is 0 Å². The van der Waals surface area contributed by atoms with Crippen LogP contribution in [0.25, 0.3) is 0 Å². The Morgan fingerprint density at radius 1 is 1.27 bits per heavy atom. The molecule has 2 heterocycles. The van der Waals surface area contributed by atoms with Crippen molar-refractivity contribution in [3.05, 3.63) is 50.2 Å². The van der Waals surface area contributed by atoms with Crippen LogP contribution < -0.4 is 4.90 Å². The second-order valence-corrected chi connectivity index (χ2v) is 8.01. The molecule has 5 nitrogen and oxygen atoms in total. The normalized spacial score (nSPS) is 14.0. The van der Waals surface area contributed by atoms with Crippen LogP contribution in [-0.4, -0.2) is 30.8 Å². The summed E-state index contributed by atoms with van der Waals surface area (Å²) in [6.45, 7) is 4.05. The summed E-state index contributed by atoms with van der Waals surface area (Å²) in [5, 5.41) is 0.400. The van der Waals surface area contributed by atoms with Crippen LogP contribution in [0.15, 0.2) is 24.3 Å². The Morgan fingerprint density at radius 2 is 2.04 bits per heavy atom. The molecule has 0 radical (unpaired) electrons. The summed E-state index contributed by atoms with van der Waals surface area (Å²) in [7, 11) is 0. The maximum absolute atomic E-state index is 12.3. The molecule has 1 aromatic carbocycles. The molecule has 3 rings (SSSR count). The molecule has 2 aromatic rings. The zero-order chi connectivity index (χ0) is 18.8. The largest absolute Gasteiger partial charge is 0.454 e. The maximum Gasteiger partial charge on any atom is 0.338 e. The van der Waals surface area contributed by atoms with Crippen LogP contribution in [0.5, 0.6) is 0 Å². The number of amides is 1. The number of thiophene rings is 1. The van der Waals surface area contributed by atoms with Gasteiger partial charge >= 0.3 is 5.97 Å². The number of halogens is 1. The number of benzene rings is 1. The smallest absolute Gasteiger partial charge is 0.338 e. The molecule has 1 aliphatic heterocycles. The summed E-state index contributed by atoms with van der Waals surface area (Å²) >= 11 is 7.71. The molecule has 0 atom stereocenters. The Kier molecular flexibility index (Phi) is 5.44. The zero-order valence-electron chi connectivity index (χ0n) is 14.5. The Hall–Kier alpha value is -2.18. The molecular weight excluding hydrogens is 374 g/mol. The molecular formula is C19H18ClNO4S. The number of ketones is 1. The van der Waals surface area contributed by atoms with Crippen molar-refractivity contribution in [2.75, 3.05) is 18.1 Å². The summed E-state index contributed by atoms with van der Waals surface area (Å²) in [6.07, 6.45) is 1.23. The van der Waals surface area contributed by atoms with Crippen LogP contribution in [0.2, 0.25) is 5.02 Å². The second kappa shape index (κ2) is 7.60. The van der Waals surface area contributed by atoms with Crippen LogP contribution >= 0.6 is 22.9 Å². The van der Waals surface area contributed by atoms with Crippen molar-refractivity contribution >= 4 is 46.3 Å². The zero-order valence-corrected chi connectivity index (χ0v) is 16.1. The lowest BCUT2D eigenvalue weighted by molar-refractivity contribution is -0.117. The molecule has 1 aliphatic rings. The summed E-state index contributed by atoms with van der Waals surface area (Å²) < 4.78 is 5.16. The molecule has 0 unspecified atom stereocenters. The minimum Gasteiger partial charge on any atom is -0.454 e. The van der Waals surface area contributed by atoms with Crippen LogP contribution in [-0.2, 0) is 9.53 Å². The van der Waals surface area contributed by atoms with E-state index in [2.05, 4.69) is 0 Å². The van der Waals surface area contributed by atoms with Crippen molar-refractivity contribution in [1.29, 1.82) is 0 Å². The Balaban J connectivity index is 1.71. The summed E-state index contributed by atoms with van der Waals surface area (Å²) in [6, 6.07) is 6.43. The fourth-order valence-corrected chi connectivity index (χ4v) is 4.11. The highest BCUT2D eigenvalue weighted by Crippen LogP contribution is 2.30. The van der Waals surface area contributed by atoms with E-state index in [0.29, 0.717) is 29.2 Å². The van der Waals surface area contributed by atoms with Gasteiger partial charge in [-0.3, -0.25) is 9.59 Å². The second-order valence-electron chi connectivity index (χ2n) is 6.14. The minimum absolute atomic E-state index is 0.0177. The van der Waals surface area contributed by atoms with E-state index in [1.54, 1.807) is 23.1 Å². The van der Waals surface area contributed by atoms with Gasteiger partial charge in [0.25, 0.3) is 0 Å². The van der Waals surface area contributed by atoms with E-state index in [0.717, 1.165) is 16.2 Å². The van der Waals surface area contributed by atoms with Gasteiger partial charge < -0.3 is 9.64 Å². The highest BCUT2D eigenvalue weighted by atomic mass is 35.5. The number of rotatable bonds is 5. The lowest BCUT2D eigenvalue weighted by atomic mass is 10.1. The third-order valence-corrected chi connectivity index (χ3v) is 5.51. The van der Waals surface area contributed by atoms with Crippen LogP contribution in [0.1, 0.15) is 43.3 Å². The number of nitrogens with zero attached hydrogens (tertiary/aromatic N) is 1. The molecule has 0 N–H and O–H groups in total. The van der Waals surface area contributed by atoms with Gasteiger partial charge in [-0.25, -0.2) is 4.79 Å². The first-order valence-electron chi connectivity index (χ1n) is 8.24. The van der Waals surface area contributed by atoms with Gasteiger partial charge in [0.15, 0.2) is 6.61 Å². The van der Waals surface area contributed by atoms with Gasteiger partial charge in [0.05, 0.1) is 16.3 Å². The van der Waals surface area contributed by atoms with Crippen molar-refractivity contribution in [2.24, 2.45) is 0 Å². The topological polar surface area (TPSA) is 63.7 Å². The number of Topliss-reactive ketones (excluding diaryl/α,β-unsaturated/α-hetero) is 1. The molecule has 1 fully saturated rings. The Labute approximate surface area is 160 Å². The summed E-state index contributed by atoms with van der Waals surface area (Å²) in [5.74, 6) is -0.868. The predicted octanol–water partition coefficient (Wildman–Crippen LogP) is 4.18. The number of carbonyl (C=O) groups excluding carboxylic acids is 3. The standard InChI is InChI=1S/C19H18ClNO4S/c1-11-8-14(12(2)26-11)17(22)10-25-19(24)13-5-6-15(20)16(9-13)21-7-3-4-18(21)23/h5-6,8-9H,3-4,7,10H2,1-2H3. The predicted molar refractivity (Wildman–Crippen MR) is 101 cm³/mol. The molecule has 0 aliphatic carbocycles. The first kappa shape index (κ1) is 18.6. The molecule has 26 heavy (non-hydrogen) atoms. The van der Waals surface area contributed by atoms with E-state index in [4.69, 9.17) is 16.3 Å². The monoisotopic (exact) mass is 391 g/mol. The third kappa shape index (κ3) is 3.81. The van der Waals surface area contributed by atoms with Gasteiger partial charge in [-0.1, -0.05) is 11.6 Å². The van der Waals surface area contributed by atoms with Crippen LogP contribution in [0.4, 0.5) is 5.69 Å². The number of esters is 1. The molecule has 136 valence electrons. The van der Waals surface area contributed by atoms with E-state index < -0.39 is 5.97 Å². The van der Waals surface area contributed by atoms with Crippen molar-refractivity contribution in [3.63, 3.8) is 0 Å². The Morgan fingerprint density at radius 3 is 2.65 bits per heavy atom. The molecule has 1 aromatic heterocycles. The van der Waals surface area contributed by atoms with Gasteiger partial charge in [0.1, 0.15) is 0 Å². The quantitative estimate of drug-likeness (QED) is 0.566. The number of anilines is 1. The lowest BCUT2D eigenvalue weighted by Gasteiger charge is -2.18. The summed E-state index contributed by atoms with van der Waals surface area (Å²) in [5.41, 5.74) is 1.34. The number of ether oxygens (including phenoxy) is 1. The Bertz CT molecular complexity index is 890. The fourth-order valence-electron chi connectivity index (χ4n) is 2.95. The average molecular weight is 392 g/mol. The number of aryl methyl sites for hydroxylation is 2. The number of carbonyl (C=O) groups is 3. The van der Waals surface area contributed by atoms with Gasteiger partial charge in [0.2, 0.25) is 11.7 Å². The van der Waals surface area contributed by atoms with Crippen molar-refractivity contribution < 1.29 is 19.1 Å². The molecule has 7 heteroatoms. The fraction of sp³-hybridized carbons (Fsp3) is 0.316. The van der Waals surface area contributed by atoms with E-state index >= 15 is 0 Å². The third-order valence-electron chi connectivity index (χ3n) is 4.22. The highest BCUT2D eigenvalue weighted by molar-refractivity contribution is 7.12.